The molecule has 13 heteroatoms. The van der Waals surface area contributed by atoms with Gasteiger partial charge in [-0.05, 0) is 59.7 Å². The van der Waals surface area contributed by atoms with Gasteiger partial charge in [-0.1, -0.05) is 123 Å². The Kier molecular flexibility index (Phi) is 15.9. The first kappa shape index (κ1) is 42.6. The summed E-state index contributed by atoms with van der Waals surface area (Å²) in [5, 5.41) is 34.9. The molecule has 5 atom stereocenters. The van der Waals surface area contributed by atoms with Gasteiger partial charge in [0.05, 0.1) is 29.0 Å². The van der Waals surface area contributed by atoms with Crippen LogP contribution in [-0.4, -0.2) is 69.5 Å². The van der Waals surface area contributed by atoms with E-state index in [9.17, 15) is 29.4 Å². The second-order valence-electron chi connectivity index (χ2n) is 14.1. The van der Waals surface area contributed by atoms with Gasteiger partial charge in [0.15, 0.2) is 0 Å². The number of ether oxygens (including phenoxy) is 2. The number of carbonyl (C=O) groups excluding carboxylic acids is 4. The fourth-order valence-corrected chi connectivity index (χ4v) is 6.23. The number of aliphatic hydroxyl groups excluding tert-OH is 2. The maximum atomic E-state index is 14.0. The maximum absolute atomic E-state index is 14.0. The van der Waals surface area contributed by atoms with Gasteiger partial charge in [-0.2, -0.15) is 0 Å². The summed E-state index contributed by atoms with van der Waals surface area (Å²) < 4.78 is 10.7. The number of carbonyl (C=O) groups is 4. The fraction of sp³-hybridized carbons (Fsp3) is 0.267. The number of nitrogens with one attached hydrogen (secondary N) is 4. The normalized spacial score (nSPS) is 13.5. The highest BCUT2D eigenvalue weighted by molar-refractivity contribution is 6.02. The number of aromatic nitrogens is 1. The van der Waals surface area contributed by atoms with Crippen molar-refractivity contribution >= 4 is 29.7 Å². The summed E-state index contributed by atoms with van der Waals surface area (Å²) in [6.07, 6.45) is -3.05. The van der Waals surface area contributed by atoms with E-state index in [-0.39, 0.29) is 43.2 Å². The lowest BCUT2D eigenvalue weighted by Gasteiger charge is -2.34. The summed E-state index contributed by atoms with van der Waals surface area (Å²) in [5.41, 5.74) is 3.07. The van der Waals surface area contributed by atoms with Gasteiger partial charge in [0, 0.05) is 6.20 Å². The Morgan fingerprint density at radius 2 is 1.10 bits per heavy atom. The molecule has 0 aliphatic heterocycles. The summed E-state index contributed by atoms with van der Waals surface area (Å²) >= 11 is 0. The lowest BCUT2D eigenvalue weighted by molar-refractivity contribution is -0.126. The van der Waals surface area contributed by atoms with E-state index >= 15 is 0 Å². The number of benzene rings is 4. The van der Waals surface area contributed by atoms with Crippen LogP contribution in [0.2, 0.25) is 0 Å². The van der Waals surface area contributed by atoms with Gasteiger partial charge >= 0.3 is 12.2 Å². The van der Waals surface area contributed by atoms with Crippen molar-refractivity contribution in [3.05, 3.63) is 168 Å². The molecule has 302 valence electrons. The molecule has 0 spiro atoms. The van der Waals surface area contributed by atoms with Crippen LogP contribution in [0.25, 0.3) is 0 Å². The molecule has 1 heterocycles. The topological polar surface area (TPSA) is 188 Å². The van der Waals surface area contributed by atoms with Gasteiger partial charge in [-0.25, -0.2) is 9.59 Å². The van der Waals surface area contributed by atoms with Crippen LogP contribution in [-0.2, 0) is 40.3 Å². The van der Waals surface area contributed by atoms with Crippen molar-refractivity contribution < 1.29 is 38.9 Å². The second-order valence-corrected chi connectivity index (χ2v) is 14.1. The van der Waals surface area contributed by atoms with Crippen molar-refractivity contribution in [3.8, 4) is 0 Å². The Hall–Kier alpha value is -6.57. The molecule has 1 aromatic heterocycles. The predicted molar refractivity (Wildman–Crippen MR) is 218 cm³/mol. The molecule has 4 amide bonds. The smallest absolute Gasteiger partial charge is 0.412 e. The van der Waals surface area contributed by atoms with Crippen LogP contribution in [0.1, 0.15) is 46.6 Å². The van der Waals surface area contributed by atoms with E-state index in [0.717, 1.165) is 16.7 Å². The van der Waals surface area contributed by atoms with Crippen LogP contribution in [0.15, 0.2) is 140 Å². The monoisotopic (exact) mass is 787 g/mol. The van der Waals surface area contributed by atoms with Crippen molar-refractivity contribution in [2.24, 2.45) is 5.92 Å². The van der Waals surface area contributed by atoms with Gasteiger partial charge < -0.3 is 35.6 Å². The minimum Gasteiger partial charge on any atom is -0.445 e. The molecule has 5 rings (SSSR count). The Morgan fingerprint density at radius 3 is 1.67 bits per heavy atom. The van der Waals surface area contributed by atoms with Crippen molar-refractivity contribution in [1.82, 2.24) is 20.9 Å². The summed E-state index contributed by atoms with van der Waals surface area (Å²) in [5.74, 6) is -1.62. The van der Waals surface area contributed by atoms with E-state index in [0.29, 0.717) is 5.69 Å². The zero-order valence-electron chi connectivity index (χ0n) is 32.4. The number of hydrogen-bond acceptors (Lipinski definition) is 9. The van der Waals surface area contributed by atoms with Crippen LogP contribution in [0.3, 0.4) is 0 Å². The van der Waals surface area contributed by atoms with E-state index in [1.807, 2.05) is 91.0 Å². The molecule has 58 heavy (non-hydrogen) atoms. The lowest BCUT2D eigenvalue weighted by atomic mass is 9.90. The van der Waals surface area contributed by atoms with E-state index < -0.39 is 54.3 Å². The molecule has 13 nitrogen and oxygen atoms in total. The highest BCUT2D eigenvalue weighted by atomic mass is 16.6. The molecule has 0 aliphatic rings. The average molecular weight is 788 g/mol. The zero-order chi connectivity index (χ0) is 41.3. The maximum Gasteiger partial charge on any atom is 0.412 e. The Balaban J connectivity index is 1.34. The first-order valence-electron chi connectivity index (χ1n) is 19.0. The number of rotatable bonds is 18. The van der Waals surface area contributed by atoms with Crippen LogP contribution < -0.4 is 21.3 Å². The number of nitrogens with zero attached hydrogens (tertiary/aromatic N) is 1. The third-order valence-corrected chi connectivity index (χ3v) is 9.34. The highest BCUT2D eigenvalue weighted by Crippen LogP contribution is 2.20. The lowest BCUT2D eigenvalue weighted by Crippen LogP contribution is -2.60. The molecule has 0 unspecified atom stereocenters. The van der Waals surface area contributed by atoms with Gasteiger partial charge in [-0.3, -0.25) is 19.9 Å². The van der Waals surface area contributed by atoms with Gasteiger partial charge in [0.1, 0.15) is 31.5 Å². The predicted octanol–water partition coefficient (Wildman–Crippen LogP) is 5.57. The van der Waals surface area contributed by atoms with E-state index in [2.05, 4.69) is 26.3 Å². The molecular weight excluding hydrogens is 739 g/mol. The van der Waals surface area contributed by atoms with Crippen LogP contribution in [0.4, 0.5) is 15.3 Å². The third kappa shape index (κ3) is 13.0. The molecule has 0 bridgehead atoms. The van der Waals surface area contributed by atoms with E-state index in [1.165, 1.54) is 12.1 Å². The first-order chi connectivity index (χ1) is 28.1. The third-order valence-electron chi connectivity index (χ3n) is 9.34. The van der Waals surface area contributed by atoms with Crippen LogP contribution >= 0.6 is 0 Å². The van der Waals surface area contributed by atoms with Crippen molar-refractivity contribution in [2.45, 2.75) is 70.2 Å². The Labute approximate surface area is 337 Å². The summed E-state index contributed by atoms with van der Waals surface area (Å²) in [6, 6.07) is 35.7. The van der Waals surface area contributed by atoms with Crippen molar-refractivity contribution in [1.29, 1.82) is 0 Å². The minimum atomic E-state index is -1.62. The number of anilines is 1. The number of amides is 4. The number of hydrogen-bond donors (Lipinski definition) is 6. The summed E-state index contributed by atoms with van der Waals surface area (Å²) in [7, 11) is 0. The quantitative estimate of drug-likeness (QED) is 0.0660. The molecule has 0 saturated carbocycles. The molecule has 5 aromatic rings. The van der Waals surface area contributed by atoms with Crippen molar-refractivity contribution in [3.63, 3.8) is 0 Å². The number of pyridine rings is 1. The molecule has 4 aromatic carbocycles. The molecular formula is C45H49N5O8. The molecule has 0 fully saturated rings. The van der Waals surface area contributed by atoms with E-state index in [4.69, 9.17) is 9.47 Å². The average Bonchev–Trinajstić information content (AvgIpc) is 3.24. The first-order valence-corrected chi connectivity index (χ1v) is 19.0. The second kappa shape index (κ2) is 21.7. The SMILES string of the molecule is CC(C)[C@H](NC(=O)OCc1ccccc1)C(=O)N[C@@H](Cc1ccccc1)[C@@H](O)[C@@H](O)[C@H](Cc1ccccc1)NC(=O)c1ccccc1NC(=O)OCc1ccccn1. The zero-order valence-corrected chi connectivity index (χ0v) is 32.4. The van der Waals surface area contributed by atoms with Crippen LogP contribution in [0, 0.1) is 5.92 Å². The fourth-order valence-electron chi connectivity index (χ4n) is 6.23. The number of alkyl carbamates (subject to hydrolysis) is 1. The molecule has 6 N–H and O–H groups in total. The molecule has 0 radical (unpaired) electrons. The summed E-state index contributed by atoms with van der Waals surface area (Å²) in [4.78, 5) is 57.6. The van der Waals surface area contributed by atoms with Crippen LogP contribution in [0.5, 0.6) is 0 Å². The standard InChI is InChI=1S/C45H49N5O8/c1-30(2)39(50-45(56)57-28-33-20-10-5-11-21-33)43(54)48-38(27-32-18-8-4-9-19-32)41(52)40(51)37(26-31-16-6-3-7-17-31)47-42(53)35-23-12-13-24-36(35)49-44(55)58-29-34-22-14-15-25-46-34/h3-25,30,37-41,51-52H,26-29H2,1-2H3,(H,47,53)(H,48,54)(H,49,55)(H,50,56)/t37-,38-,39-,40-,41+/m0/s1. The molecule has 0 aliphatic carbocycles. The molecule has 0 saturated heterocycles. The van der Waals surface area contributed by atoms with Gasteiger partial charge in [-0.15, -0.1) is 0 Å². The Bertz CT molecular complexity index is 2060. The largest absolute Gasteiger partial charge is 0.445 e. The number of para-hydroxylation sites is 1. The minimum absolute atomic E-state index is 0.00572. The highest BCUT2D eigenvalue weighted by Gasteiger charge is 2.36. The summed E-state index contributed by atoms with van der Waals surface area (Å²) in [6.45, 7) is 3.44. The van der Waals surface area contributed by atoms with Crippen molar-refractivity contribution in [2.75, 3.05) is 5.32 Å². The number of aliphatic hydroxyl groups is 2. The van der Waals surface area contributed by atoms with E-state index in [1.54, 1.807) is 50.4 Å². The Morgan fingerprint density at radius 1 is 0.586 bits per heavy atom. The van der Waals surface area contributed by atoms with Gasteiger partial charge in [0.25, 0.3) is 5.91 Å². The van der Waals surface area contributed by atoms with Gasteiger partial charge in [0.2, 0.25) is 5.91 Å².